The molecule has 0 saturated heterocycles. The second kappa shape index (κ2) is 10.1. The maximum atomic E-state index is 13.1. The summed E-state index contributed by atoms with van der Waals surface area (Å²) in [6.07, 6.45) is 4.68. The third kappa shape index (κ3) is 5.17. The van der Waals surface area contributed by atoms with Crippen LogP contribution in [0.2, 0.25) is 5.02 Å². The fourth-order valence-electron chi connectivity index (χ4n) is 5.06. The average molecular weight is 468 g/mol. The van der Waals surface area contributed by atoms with Gasteiger partial charge in [0, 0.05) is 34.9 Å². The number of nitrogens with zero attached hydrogens (tertiary/aromatic N) is 3. The molecule has 6 nitrogen and oxygen atoms in total. The topological polar surface area (TPSA) is 64.3 Å². The Kier molecular flexibility index (Phi) is 7.25. The summed E-state index contributed by atoms with van der Waals surface area (Å²) in [6, 6.07) is 12.7. The number of anilines is 1. The molecule has 176 valence electrons. The fourth-order valence-corrected chi connectivity index (χ4v) is 5.27. The van der Waals surface area contributed by atoms with Gasteiger partial charge in [-0.25, -0.2) is 4.98 Å². The van der Waals surface area contributed by atoms with E-state index in [0.717, 1.165) is 47.5 Å². The highest BCUT2D eigenvalue weighted by molar-refractivity contribution is 6.31. The molecule has 33 heavy (non-hydrogen) atoms. The average Bonchev–Trinajstić information content (AvgIpc) is 3.23. The van der Waals surface area contributed by atoms with Crippen molar-refractivity contribution in [3.8, 4) is 0 Å². The first-order valence-corrected chi connectivity index (χ1v) is 12.2. The van der Waals surface area contributed by atoms with Gasteiger partial charge >= 0.3 is 0 Å². The number of rotatable bonds is 7. The van der Waals surface area contributed by atoms with Crippen molar-refractivity contribution >= 4 is 34.2 Å². The van der Waals surface area contributed by atoms with E-state index in [1.54, 1.807) is 6.07 Å². The van der Waals surface area contributed by atoms with Gasteiger partial charge in [-0.1, -0.05) is 23.7 Å². The summed E-state index contributed by atoms with van der Waals surface area (Å²) in [4.78, 5) is 25.7. The van der Waals surface area contributed by atoms with E-state index in [1.165, 1.54) is 12.8 Å². The molecule has 0 aliphatic heterocycles. The second-order valence-electron chi connectivity index (χ2n) is 9.19. The van der Waals surface area contributed by atoms with E-state index >= 15 is 0 Å². The lowest BCUT2D eigenvalue weighted by atomic mass is 9.89. The van der Waals surface area contributed by atoms with Gasteiger partial charge in [0.25, 0.3) is 5.91 Å². The third-order valence-corrected chi connectivity index (χ3v) is 7.15. The van der Waals surface area contributed by atoms with Crippen molar-refractivity contribution in [1.29, 1.82) is 0 Å². The Morgan fingerprint density at radius 3 is 2.52 bits per heavy atom. The molecule has 0 unspecified atom stereocenters. The molecular formula is C26H34ClN5O. The van der Waals surface area contributed by atoms with Crippen LogP contribution in [0.5, 0.6) is 0 Å². The van der Waals surface area contributed by atoms with E-state index in [1.807, 2.05) is 37.3 Å². The normalized spacial score (nSPS) is 18.6. The van der Waals surface area contributed by atoms with Crippen molar-refractivity contribution in [2.24, 2.45) is 0 Å². The van der Waals surface area contributed by atoms with Crippen LogP contribution in [-0.2, 0) is 6.54 Å². The predicted octanol–water partition coefficient (Wildman–Crippen LogP) is 5.15. The number of aromatic nitrogens is 2. The molecule has 1 saturated carbocycles. The number of para-hydroxylation sites is 2. The van der Waals surface area contributed by atoms with Gasteiger partial charge in [0.2, 0.25) is 0 Å². The molecule has 1 heterocycles. The van der Waals surface area contributed by atoms with Crippen LogP contribution in [0.15, 0.2) is 36.4 Å². The van der Waals surface area contributed by atoms with Gasteiger partial charge in [0.05, 0.1) is 17.6 Å². The number of carbonyl (C=O) groups excluding carboxylic acids is 1. The minimum Gasteiger partial charge on any atom is -0.369 e. The van der Waals surface area contributed by atoms with Crippen LogP contribution >= 0.6 is 11.6 Å². The standard InChI is InChI=1S/C26H34ClN5O/c1-5-32(20-12-10-19(11-13-20)31(3)4)24-15-18(27)14-21(17(24)2)26(33)28-16-25-29-22-8-6-7-9-23(22)30-25/h6-9,14-15,19-20H,5,10-13,16H2,1-4H3,(H,28,33)(H,29,30). The Morgan fingerprint density at radius 1 is 1.15 bits per heavy atom. The van der Waals surface area contributed by atoms with Gasteiger partial charge in [-0.05, 0) is 83.5 Å². The molecule has 1 aliphatic carbocycles. The van der Waals surface area contributed by atoms with Crippen molar-refractivity contribution in [3.63, 3.8) is 0 Å². The van der Waals surface area contributed by atoms with Crippen molar-refractivity contribution in [1.82, 2.24) is 20.2 Å². The van der Waals surface area contributed by atoms with Crippen molar-refractivity contribution in [2.75, 3.05) is 25.5 Å². The molecule has 0 spiro atoms. The van der Waals surface area contributed by atoms with Crippen LogP contribution in [0.1, 0.15) is 54.4 Å². The van der Waals surface area contributed by atoms with E-state index in [9.17, 15) is 4.79 Å². The van der Waals surface area contributed by atoms with Crippen LogP contribution in [0.3, 0.4) is 0 Å². The SMILES string of the molecule is CCN(c1cc(Cl)cc(C(=O)NCc2nc3ccccc3[nH]2)c1C)C1CCC(N(C)C)CC1. The lowest BCUT2D eigenvalue weighted by Crippen LogP contribution is -2.42. The number of imidazole rings is 1. The molecule has 7 heteroatoms. The Hall–Kier alpha value is -2.57. The molecule has 3 aromatic rings. The molecule has 2 aromatic carbocycles. The highest BCUT2D eigenvalue weighted by Gasteiger charge is 2.28. The molecule has 1 amide bonds. The van der Waals surface area contributed by atoms with Crippen molar-refractivity contribution < 1.29 is 4.79 Å². The monoisotopic (exact) mass is 467 g/mol. The Morgan fingerprint density at radius 2 is 1.85 bits per heavy atom. The van der Waals surface area contributed by atoms with Gasteiger partial charge in [0.1, 0.15) is 5.82 Å². The number of fused-ring (bicyclic) bond motifs is 1. The van der Waals surface area contributed by atoms with Gasteiger partial charge in [-0.15, -0.1) is 0 Å². The van der Waals surface area contributed by atoms with E-state index in [0.29, 0.717) is 29.2 Å². The van der Waals surface area contributed by atoms with Crippen LogP contribution in [-0.4, -0.2) is 53.5 Å². The molecule has 0 radical (unpaired) electrons. The number of halogens is 1. The fraction of sp³-hybridized carbons (Fsp3) is 0.462. The summed E-state index contributed by atoms with van der Waals surface area (Å²) in [5.41, 5.74) is 4.51. The zero-order valence-electron chi connectivity index (χ0n) is 20.0. The predicted molar refractivity (Wildman–Crippen MR) is 136 cm³/mol. The number of hydrogen-bond acceptors (Lipinski definition) is 4. The zero-order valence-corrected chi connectivity index (χ0v) is 20.7. The van der Waals surface area contributed by atoms with E-state index in [4.69, 9.17) is 11.6 Å². The number of H-pyrrole nitrogens is 1. The van der Waals surface area contributed by atoms with Crippen LogP contribution < -0.4 is 10.2 Å². The highest BCUT2D eigenvalue weighted by atomic mass is 35.5. The summed E-state index contributed by atoms with van der Waals surface area (Å²) in [5.74, 6) is 0.598. The molecule has 2 N–H and O–H groups in total. The summed E-state index contributed by atoms with van der Waals surface area (Å²) in [6.45, 7) is 5.43. The van der Waals surface area contributed by atoms with Crippen molar-refractivity contribution in [2.45, 2.75) is 58.2 Å². The van der Waals surface area contributed by atoms with Gasteiger partial charge in [-0.3, -0.25) is 4.79 Å². The highest BCUT2D eigenvalue weighted by Crippen LogP contribution is 2.34. The maximum absolute atomic E-state index is 13.1. The quantitative estimate of drug-likeness (QED) is 0.504. The third-order valence-electron chi connectivity index (χ3n) is 6.93. The lowest BCUT2D eigenvalue weighted by molar-refractivity contribution is 0.0949. The number of hydrogen-bond donors (Lipinski definition) is 2. The lowest BCUT2D eigenvalue weighted by Gasteiger charge is -2.40. The molecular weight excluding hydrogens is 434 g/mol. The molecule has 1 aliphatic rings. The summed E-state index contributed by atoms with van der Waals surface area (Å²) in [5, 5.41) is 3.60. The summed E-state index contributed by atoms with van der Waals surface area (Å²) >= 11 is 6.51. The smallest absolute Gasteiger partial charge is 0.252 e. The first-order chi connectivity index (χ1) is 15.9. The first-order valence-electron chi connectivity index (χ1n) is 11.8. The number of benzene rings is 2. The number of nitrogens with one attached hydrogen (secondary N) is 2. The minimum absolute atomic E-state index is 0.135. The number of aromatic amines is 1. The van der Waals surface area contributed by atoms with Gasteiger partial charge in [0.15, 0.2) is 0 Å². The van der Waals surface area contributed by atoms with Gasteiger partial charge < -0.3 is 20.1 Å². The molecule has 1 fully saturated rings. The van der Waals surface area contributed by atoms with Crippen LogP contribution in [0.25, 0.3) is 11.0 Å². The largest absolute Gasteiger partial charge is 0.369 e. The minimum atomic E-state index is -0.135. The Labute approximate surface area is 201 Å². The van der Waals surface area contributed by atoms with Crippen molar-refractivity contribution in [3.05, 3.63) is 58.4 Å². The molecule has 4 rings (SSSR count). The molecule has 0 atom stereocenters. The van der Waals surface area contributed by atoms with Gasteiger partial charge in [-0.2, -0.15) is 0 Å². The first kappa shape index (κ1) is 23.6. The Balaban J connectivity index is 1.51. The van der Waals surface area contributed by atoms with Crippen LogP contribution in [0, 0.1) is 6.92 Å². The zero-order chi connectivity index (χ0) is 23.5. The van der Waals surface area contributed by atoms with Crippen LogP contribution in [0.4, 0.5) is 5.69 Å². The molecule has 0 bridgehead atoms. The number of amides is 1. The van der Waals surface area contributed by atoms with E-state index in [2.05, 4.69) is 46.1 Å². The van der Waals surface area contributed by atoms with E-state index < -0.39 is 0 Å². The maximum Gasteiger partial charge on any atom is 0.252 e. The number of carbonyl (C=O) groups is 1. The van der Waals surface area contributed by atoms with E-state index in [-0.39, 0.29) is 5.91 Å². The second-order valence-corrected chi connectivity index (χ2v) is 9.63. The molecule has 1 aromatic heterocycles. The summed E-state index contributed by atoms with van der Waals surface area (Å²) < 4.78 is 0. The summed E-state index contributed by atoms with van der Waals surface area (Å²) in [7, 11) is 4.33. The Bertz CT molecular complexity index is 1080.